The average Bonchev–Trinajstić information content (AvgIpc) is 2.98. The van der Waals surface area contributed by atoms with Crippen LogP contribution in [0.1, 0.15) is 16.1 Å². The number of ether oxygens (including phenoxy) is 1. The van der Waals surface area contributed by atoms with Crippen LogP contribution in [0.4, 0.5) is 4.39 Å². The number of rotatable bonds is 5. The second kappa shape index (κ2) is 6.52. The van der Waals surface area contributed by atoms with Gasteiger partial charge in [0.25, 0.3) is 5.91 Å². The first kappa shape index (κ1) is 15.1. The van der Waals surface area contributed by atoms with Crippen LogP contribution in [0.2, 0.25) is 0 Å². The maximum atomic E-state index is 13.2. The number of amides is 1. The molecule has 0 aliphatic rings. The predicted octanol–water partition coefficient (Wildman–Crippen LogP) is 3.29. The summed E-state index contributed by atoms with van der Waals surface area (Å²) in [5.41, 5.74) is 2.25. The molecule has 118 valence electrons. The van der Waals surface area contributed by atoms with E-state index in [4.69, 9.17) is 4.74 Å². The Morgan fingerprint density at radius 3 is 2.91 bits per heavy atom. The fourth-order valence-electron chi connectivity index (χ4n) is 2.47. The van der Waals surface area contributed by atoms with E-state index in [0.29, 0.717) is 24.0 Å². The molecule has 1 aromatic heterocycles. The van der Waals surface area contributed by atoms with Gasteiger partial charge >= 0.3 is 0 Å². The molecule has 0 aliphatic heterocycles. The molecule has 3 rings (SSSR count). The van der Waals surface area contributed by atoms with Gasteiger partial charge < -0.3 is 15.0 Å². The molecule has 2 N–H and O–H groups in total. The molecule has 2 aromatic carbocycles. The van der Waals surface area contributed by atoms with E-state index in [-0.39, 0.29) is 11.7 Å². The lowest BCUT2D eigenvalue weighted by atomic mass is 10.1. The molecule has 1 amide bonds. The van der Waals surface area contributed by atoms with Crippen molar-refractivity contribution < 1.29 is 13.9 Å². The van der Waals surface area contributed by atoms with E-state index in [2.05, 4.69) is 10.3 Å². The van der Waals surface area contributed by atoms with Crippen LogP contribution in [-0.4, -0.2) is 24.5 Å². The third-order valence-electron chi connectivity index (χ3n) is 3.66. The predicted molar refractivity (Wildman–Crippen MR) is 87.3 cm³/mol. The number of carbonyl (C=O) groups is 1. The maximum Gasteiger partial charge on any atom is 0.267 e. The van der Waals surface area contributed by atoms with Crippen molar-refractivity contribution in [3.63, 3.8) is 0 Å². The molecule has 1 heterocycles. The van der Waals surface area contributed by atoms with Crippen molar-refractivity contribution in [2.75, 3.05) is 13.7 Å². The molecule has 0 radical (unpaired) electrons. The normalized spacial score (nSPS) is 10.7. The van der Waals surface area contributed by atoms with Crippen LogP contribution in [0.5, 0.6) is 5.75 Å². The number of aromatic nitrogens is 1. The minimum absolute atomic E-state index is 0.204. The third kappa shape index (κ3) is 3.51. The smallest absolute Gasteiger partial charge is 0.267 e. The highest BCUT2D eigenvalue weighted by atomic mass is 19.1. The summed E-state index contributed by atoms with van der Waals surface area (Å²) in [5, 5.41) is 3.54. The minimum atomic E-state index is -0.318. The van der Waals surface area contributed by atoms with Gasteiger partial charge in [-0.05, 0) is 48.4 Å². The minimum Gasteiger partial charge on any atom is -0.497 e. The molecule has 0 fully saturated rings. The number of hydrogen-bond acceptors (Lipinski definition) is 2. The van der Waals surface area contributed by atoms with Gasteiger partial charge in [0.15, 0.2) is 0 Å². The van der Waals surface area contributed by atoms with E-state index in [1.807, 2.05) is 24.3 Å². The molecule has 0 spiro atoms. The van der Waals surface area contributed by atoms with Crippen LogP contribution >= 0.6 is 0 Å². The molecule has 0 aliphatic carbocycles. The van der Waals surface area contributed by atoms with Gasteiger partial charge in [-0.2, -0.15) is 0 Å². The van der Waals surface area contributed by atoms with Crippen molar-refractivity contribution in [2.24, 2.45) is 0 Å². The molecule has 0 saturated heterocycles. The van der Waals surface area contributed by atoms with Crippen molar-refractivity contribution in [1.29, 1.82) is 0 Å². The van der Waals surface area contributed by atoms with E-state index < -0.39 is 0 Å². The first-order valence-corrected chi connectivity index (χ1v) is 7.35. The Labute approximate surface area is 133 Å². The Morgan fingerprint density at radius 1 is 1.22 bits per heavy atom. The molecular weight excluding hydrogens is 295 g/mol. The summed E-state index contributed by atoms with van der Waals surface area (Å²) in [4.78, 5) is 15.1. The van der Waals surface area contributed by atoms with Gasteiger partial charge in [0.2, 0.25) is 0 Å². The number of aromatic amines is 1. The summed E-state index contributed by atoms with van der Waals surface area (Å²) in [6.07, 6.45) is 0.706. The highest BCUT2D eigenvalue weighted by Crippen LogP contribution is 2.17. The Bertz CT molecular complexity index is 842. The highest BCUT2D eigenvalue weighted by Gasteiger charge is 2.09. The van der Waals surface area contributed by atoms with E-state index in [1.54, 1.807) is 19.2 Å². The van der Waals surface area contributed by atoms with E-state index in [9.17, 15) is 9.18 Å². The van der Waals surface area contributed by atoms with Crippen molar-refractivity contribution in [3.05, 3.63) is 65.6 Å². The van der Waals surface area contributed by atoms with Crippen molar-refractivity contribution in [1.82, 2.24) is 10.3 Å². The van der Waals surface area contributed by atoms with Crippen molar-refractivity contribution in [3.8, 4) is 5.75 Å². The van der Waals surface area contributed by atoms with E-state index in [0.717, 1.165) is 16.8 Å². The standard InChI is InChI=1S/C18H17FN2O2/c1-23-15-4-2-3-12(9-15)7-8-20-18(22)17-11-13-10-14(19)5-6-16(13)21-17/h2-6,9-11,21H,7-8H2,1H3,(H,20,22). The second-order valence-corrected chi connectivity index (χ2v) is 5.27. The molecule has 3 aromatic rings. The topological polar surface area (TPSA) is 54.1 Å². The summed E-state index contributed by atoms with van der Waals surface area (Å²) >= 11 is 0. The fourth-order valence-corrected chi connectivity index (χ4v) is 2.47. The largest absolute Gasteiger partial charge is 0.497 e. The molecule has 0 atom stereocenters. The van der Waals surface area contributed by atoms with Gasteiger partial charge in [-0.15, -0.1) is 0 Å². The Kier molecular flexibility index (Phi) is 4.28. The molecular formula is C18H17FN2O2. The summed E-state index contributed by atoms with van der Waals surface area (Å²) in [6.45, 7) is 0.510. The maximum absolute atomic E-state index is 13.2. The van der Waals surface area contributed by atoms with E-state index in [1.165, 1.54) is 12.1 Å². The van der Waals surface area contributed by atoms with Gasteiger partial charge in [-0.25, -0.2) is 4.39 Å². The van der Waals surface area contributed by atoms with Crippen LogP contribution in [0.25, 0.3) is 10.9 Å². The summed E-state index contributed by atoms with van der Waals surface area (Å²) in [7, 11) is 1.62. The molecule has 5 heteroatoms. The molecule has 0 unspecified atom stereocenters. The SMILES string of the molecule is COc1cccc(CCNC(=O)c2cc3cc(F)ccc3[nH]2)c1. The van der Waals surface area contributed by atoms with Crippen molar-refractivity contribution in [2.45, 2.75) is 6.42 Å². The number of hydrogen-bond donors (Lipinski definition) is 2. The van der Waals surface area contributed by atoms with Gasteiger partial charge in [-0.3, -0.25) is 4.79 Å². The Hall–Kier alpha value is -2.82. The number of halogens is 1. The lowest BCUT2D eigenvalue weighted by Gasteiger charge is -2.06. The third-order valence-corrected chi connectivity index (χ3v) is 3.66. The molecule has 0 saturated carbocycles. The van der Waals surface area contributed by atoms with Gasteiger partial charge in [0.1, 0.15) is 17.3 Å². The van der Waals surface area contributed by atoms with Crippen LogP contribution in [-0.2, 0) is 6.42 Å². The molecule has 0 bridgehead atoms. The lowest BCUT2D eigenvalue weighted by molar-refractivity contribution is 0.0950. The Morgan fingerprint density at radius 2 is 2.09 bits per heavy atom. The number of fused-ring (bicyclic) bond motifs is 1. The zero-order valence-electron chi connectivity index (χ0n) is 12.7. The summed E-state index contributed by atoms with van der Waals surface area (Å²) in [6, 6.07) is 13.8. The van der Waals surface area contributed by atoms with Gasteiger partial charge in [-0.1, -0.05) is 12.1 Å². The van der Waals surface area contributed by atoms with Crippen LogP contribution in [0, 0.1) is 5.82 Å². The van der Waals surface area contributed by atoms with Crippen LogP contribution < -0.4 is 10.1 Å². The summed E-state index contributed by atoms with van der Waals surface area (Å²) < 4.78 is 18.3. The second-order valence-electron chi connectivity index (χ2n) is 5.27. The zero-order chi connectivity index (χ0) is 16.2. The fraction of sp³-hybridized carbons (Fsp3) is 0.167. The lowest BCUT2D eigenvalue weighted by Crippen LogP contribution is -2.25. The quantitative estimate of drug-likeness (QED) is 0.759. The number of methoxy groups -OCH3 is 1. The number of benzene rings is 2. The monoisotopic (exact) mass is 312 g/mol. The van der Waals surface area contributed by atoms with E-state index >= 15 is 0 Å². The highest BCUT2D eigenvalue weighted by molar-refractivity contribution is 5.97. The summed E-state index contributed by atoms with van der Waals surface area (Å²) in [5.74, 6) is 0.275. The molecule has 4 nitrogen and oxygen atoms in total. The van der Waals surface area contributed by atoms with Gasteiger partial charge in [0.05, 0.1) is 7.11 Å². The number of H-pyrrole nitrogens is 1. The van der Waals surface area contributed by atoms with Crippen LogP contribution in [0.15, 0.2) is 48.5 Å². The number of carbonyl (C=O) groups excluding carboxylic acids is 1. The zero-order valence-corrected chi connectivity index (χ0v) is 12.7. The first-order chi connectivity index (χ1) is 11.2. The number of nitrogens with one attached hydrogen (secondary N) is 2. The molecule has 23 heavy (non-hydrogen) atoms. The Balaban J connectivity index is 1.61. The van der Waals surface area contributed by atoms with Crippen LogP contribution in [0.3, 0.4) is 0 Å². The van der Waals surface area contributed by atoms with Crippen molar-refractivity contribution >= 4 is 16.8 Å². The first-order valence-electron chi connectivity index (χ1n) is 7.35. The van der Waals surface area contributed by atoms with Gasteiger partial charge in [0, 0.05) is 17.4 Å². The average molecular weight is 312 g/mol.